The molecule has 0 aliphatic heterocycles. The standard InChI is InChI=1S/C18H28N2O5S/c1-6-26(22,23)15-14(12-7-9-13(24-5)10-8-12)18(15,11-19)20-16(21)25-17(2,3)4/h7-10,14-15H,6,11,19H2,1-5H3,(H,20,21)/t14-,15-,18-/m1/s1. The highest BCUT2D eigenvalue weighted by atomic mass is 32.2. The Balaban J connectivity index is 2.38. The number of nitrogens with two attached hydrogens (primary N) is 1. The maximum atomic E-state index is 12.6. The second-order valence-corrected chi connectivity index (χ2v) is 9.91. The summed E-state index contributed by atoms with van der Waals surface area (Å²) >= 11 is 0. The minimum absolute atomic E-state index is 0.00711. The second kappa shape index (κ2) is 7.08. The van der Waals surface area contributed by atoms with E-state index in [1.165, 1.54) is 0 Å². The minimum Gasteiger partial charge on any atom is -0.497 e. The molecule has 0 bridgehead atoms. The molecule has 1 aromatic rings. The predicted molar refractivity (Wildman–Crippen MR) is 100 cm³/mol. The fourth-order valence-corrected chi connectivity index (χ4v) is 5.37. The SMILES string of the molecule is CCS(=O)(=O)[C@@H]1[C@@H](c2ccc(OC)cc2)[C@@]1(CN)NC(=O)OC(C)(C)C. The number of hydrogen-bond acceptors (Lipinski definition) is 6. The summed E-state index contributed by atoms with van der Waals surface area (Å²) in [5.41, 5.74) is 4.96. The van der Waals surface area contributed by atoms with Crippen molar-refractivity contribution in [1.82, 2.24) is 5.32 Å². The lowest BCUT2D eigenvalue weighted by atomic mass is 10.1. The number of sulfone groups is 1. The number of hydrogen-bond donors (Lipinski definition) is 2. The van der Waals surface area contributed by atoms with Gasteiger partial charge in [0.05, 0.1) is 17.9 Å². The number of benzene rings is 1. The summed E-state index contributed by atoms with van der Waals surface area (Å²) in [5, 5.41) is 1.96. The van der Waals surface area contributed by atoms with Crippen molar-refractivity contribution in [2.45, 2.75) is 50.0 Å². The molecule has 1 aliphatic rings. The first-order valence-corrected chi connectivity index (χ1v) is 10.3. The van der Waals surface area contributed by atoms with E-state index in [1.807, 2.05) is 0 Å². The third-order valence-corrected chi connectivity index (χ3v) is 6.86. The van der Waals surface area contributed by atoms with Gasteiger partial charge in [0.25, 0.3) is 0 Å². The highest BCUT2D eigenvalue weighted by Gasteiger charge is 2.71. The average Bonchev–Trinajstić information content (AvgIpc) is 3.22. The quantitative estimate of drug-likeness (QED) is 0.774. The predicted octanol–water partition coefficient (Wildman–Crippen LogP) is 1.82. The number of carbonyl (C=O) groups is 1. The van der Waals surface area contributed by atoms with Crippen LogP contribution < -0.4 is 15.8 Å². The number of ether oxygens (including phenoxy) is 2. The molecule has 3 atom stereocenters. The van der Waals surface area contributed by atoms with Gasteiger partial charge in [-0.1, -0.05) is 19.1 Å². The van der Waals surface area contributed by atoms with E-state index in [4.69, 9.17) is 15.2 Å². The summed E-state index contributed by atoms with van der Waals surface area (Å²) in [6.45, 7) is 6.82. The normalized spacial score (nSPS) is 25.5. The Hall–Kier alpha value is -1.80. The highest BCUT2D eigenvalue weighted by molar-refractivity contribution is 7.92. The molecule has 8 heteroatoms. The van der Waals surface area contributed by atoms with E-state index in [2.05, 4.69) is 5.32 Å². The Morgan fingerprint density at radius 1 is 1.27 bits per heavy atom. The second-order valence-electron chi connectivity index (χ2n) is 7.49. The van der Waals surface area contributed by atoms with Crippen LogP contribution in [0.2, 0.25) is 0 Å². The van der Waals surface area contributed by atoms with Crippen LogP contribution in [0.1, 0.15) is 39.2 Å². The first-order chi connectivity index (χ1) is 12.0. The highest BCUT2D eigenvalue weighted by Crippen LogP contribution is 2.55. The van der Waals surface area contributed by atoms with Gasteiger partial charge in [-0.15, -0.1) is 0 Å². The van der Waals surface area contributed by atoms with Gasteiger partial charge in [0.15, 0.2) is 9.84 Å². The molecule has 2 rings (SSSR count). The molecule has 26 heavy (non-hydrogen) atoms. The maximum absolute atomic E-state index is 12.6. The maximum Gasteiger partial charge on any atom is 0.408 e. The van der Waals surface area contributed by atoms with Crippen LogP contribution in [0.4, 0.5) is 4.79 Å². The van der Waals surface area contributed by atoms with Crippen molar-refractivity contribution in [2.75, 3.05) is 19.4 Å². The molecule has 1 saturated carbocycles. The van der Waals surface area contributed by atoms with Crippen molar-refractivity contribution >= 4 is 15.9 Å². The summed E-state index contributed by atoms with van der Waals surface area (Å²) in [6.07, 6.45) is -0.671. The van der Waals surface area contributed by atoms with Crippen LogP contribution >= 0.6 is 0 Å². The van der Waals surface area contributed by atoms with E-state index in [0.717, 1.165) is 5.56 Å². The van der Waals surface area contributed by atoms with Gasteiger partial charge in [0.1, 0.15) is 11.4 Å². The van der Waals surface area contributed by atoms with Gasteiger partial charge in [0, 0.05) is 18.2 Å². The molecule has 0 unspecified atom stereocenters. The monoisotopic (exact) mass is 384 g/mol. The molecule has 0 radical (unpaired) electrons. The van der Waals surface area contributed by atoms with Gasteiger partial charge in [-0.05, 0) is 38.5 Å². The molecule has 0 aromatic heterocycles. The number of rotatable bonds is 6. The van der Waals surface area contributed by atoms with Crippen molar-refractivity contribution in [3.05, 3.63) is 29.8 Å². The summed E-state index contributed by atoms with van der Waals surface area (Å²) in [7, 11) is -1.87. The molecule has 1 aromatic carbocycles. The van der Waals surface area contributed by atoms with E-state index in [0.29, 0.717) is 5.75 Å². The smallest absolute Gasteiger partial charge is 0.408 e. The Kier molecular flexibility index (Phi) is 5.58. The fraction of sp³-hybridized carbons (Fsp3) is 0.611. The van der Waals surface area contributed by atoms with Gasteiger partial charge >= 0.3 is 6.09 Å². The van der Waals surface area contributed by atoms with Gasteiger partial charge < -0.3 is 20.5 Å². The number of nitrogens with one attached hydrogen (secondary N) is 1. The fourth-order valence-electron chi connectivity index (χ4n) is 3.33. The van der Waals surface area contributed by atoms with Gasteiger partial charge in [0.2, 0.25) is 0 Å². The topological polar surface area (TPSA) is 108 Å². The van der Waals surface area contributed by atoms with Crippen molar-refractivity contribution in [3.8, 4) is 5.75 Å². The number of alkyl carbamates (subject to hydrolysis) is 1. The first kappa shape index (κ1) is 20.5. The van der Waals surface area contributed by atoms with Gasteiger partial charge in [-0.2, -0.15) is 0 Å². The molecule has 3 N–H and O–H groups in total. The van der Waals surface area contributed by atoms with Crippen LogP contribution in [0.15, 0.2) is 24.3 Å². The van der Waals surface area contributed by atoms with Crippen LogP contribution in [0.25, 0.3) is 0 Å². The van der Waals surface area contributed by atoms with Crippen molar-refractivity contribution < 1.29 is 22.7 Å². The number of amides is 1. The van der Waals surface area contributed by atoms with Gasteiger partial charge in [-0.25, -0.2) is 13.2 Å². The summed E-state index contributed by atoms with van der Waals surface area (Å²) < 4.78 is 35.7. The van der Waals surface area contributed by atoms with Crippen molar-refractivity contribution in [3.63, 3.8) is 0 Å². The molecule has 1 fully saturated rings. The molecule has 7 nitrogen and oxygen atoms in total. The van der Waals surface area contributed by atoms with Crippen LogP contribution in [-0.4, -0.2) is 50.3 Å². The zero-order valence-corrected chi connectivity index (χ0v) is 16.7. The lowest BCUT2D eigenvalue weighted by Crippen LogP contribution is -2.49. The lowest BCUT2D eigenvalue weighted by molar-refractivity contribution is 0.0497. The molecule has 0 spiro atoms. The molecule has 0 saturated heterocycles. The van der Waals surface area contributed by atoms with E-state index in [9.17, 15) is 13.2 Å². The van der Waals surface area contributed by atoms with E-state index in [1.54, 1.807) is 59.1 Å². The Bertz CT molecular complexity index is 755. The van der Waals surface area contributed by atoms with Crippen molar-refractivity contribution in [1.29, 1.82) is 0 Å². The van der Waals surface area contributed by atoms with E-state index in [-0.39, 0.29) is 12.3 Å². The Morgan fingerprint density at radius 2 is 1.85 bits per heavy atom. The third-order valence-electron chi connectivity index (χ3n) is 4.59. The Morgan fingerprint density at radius 3 is 2.27 bits per heavy atom. The molecule has 1 aliphatic carbocycles. The van der Waals surface area contributed by atoms with Crippen LogP contribution in [-0.2, 0) is 14.6 Å². The zero-order chi connectivity index (χ0) is 19.8. The first-order valence-electron chi connectivity index (χ1n) is 8.57. The molecule has 0 heterocycles. The minimum atomic E-state index is -3.43. The Labute approximate surface area is 155 Å². The number of methoxy groups -OCH3 is 1. The van der Waals surface area contributed by atoms with E-state index < -0.39 is 38.2 Å². The lowest BCUT2D eigenvalue weighted by Gasteiger charge is -2.24. The largest absolute Gasteiger partial charge is 0.497 e. The van der Waals surface area contributed by atoms with Crippen LogP contribution in [0.3, 0.4) is 0 Å². The molecular formula is C18H28N2O5S. The number of carbonyl (C=O) groups excluding carboxylic acids is 1. The van der Waals surface area contributed by atoms with E-state index >= 15 is 0 Å². The van der Waals surface area contributed by atoms with Crippen LogP contribution in [0.5, 0.6) is 5.75 Å². The molecular weight excluding hydrogens is 356 g/mol. The third kappa shape index (κ3) is 3.96. The van der Waals surface area contributed by atoms with Crippen molar-refractivity contribution in [2.24, 2.45) is 5.73 Å². The van der Waals surface area contributed by atoms with Gasteiger partial charge in [-0.3, -0.25) is 0 Å². The average molecular weight is 384 g/mol. The summed E-state index contributed by atoms with van der Waals surface area (Å²) in [5.74, 6) is 0.209. The van der Waals surface area contributed by atoms with Crippen LogP contribution in [0, 0.1) is 0 Å². The summed E-state index contributed by atoms with van der Waals surface area (Å²) in [4.78, 5) is 12.3. The molecule has 1 amide bonds. The zero-order valence-electron chi connectivity index (χ0n) is 15.9. The summed E-state index contributed by atoms with van der Waals surface area (Å²) in [6, 6.07) is 7.13. The molecule has 146 valence electrons.